The van der Waals surface area contributed by atoms with E-state index in [1.807, 2.05) is 18.2 Å². The lowest BCUT2D eigenvalue weighted by Crippen LogP contribution is -2.32. The summed E-state index contributed by atoms with van der Waals surface area (Å²) >= 11 is 0. The van der Waals surface area contributed by atoms with Crippen molar-refractivity contribution in [2.75, 3.05) is 6.54 Å². The first-order chi connectivity index (χ1) is 12.5. The maximum absolute atomic E-state index is 13.0. The molecule has 1 unspecified atom stereocenters. The second-order valence-corrected chi connectivity index (χ2v) is 5.67. The molecule has 1 heterocycles. The van der Waals surface area contributed by atoms with Crippen LogP contribution in [0.5, 0.6) is 0 Å². The molecule has 132 valence electrons. The Labute approximate surface area is 149 Å². The zero-order valence-electron chi connectivity index (χ0n) is 13.7. The molecule has 0 fully saturated rings. The van der Waals surface area contributed by atoms with Crippen LogP contribution in [0.15, 0.2) is 53.7 Å². The number of hydrogen-bond donors (Lipinski definition) is 2. The van der Waals surface area contributed by atoms with Gasteiger partial charge in [-0.2, -0.15) is 5.06 Å². The molecular weight excluding hydrogens is 337 g/mol. The van der Waals surface area contributed by atoms with Crippen LogP contribution >= 0.6 is 0 Å². The zero-order valence-corrected chi connectivity index (χ0v) is 13.7. The molecule has 0 aromatic heterocycles. The number of hydrogen-bond acceptors (Lipinski definition) is 4. The van der Waals surface area contributed by atoms with Crippen molar-refractivity contribution in [1.29, 1.82) is 0 Å². The van der Waals surface area contributed by atoms with E-state index in [1.54, 1.807) is 18.2 Å². The first-order valence-electron chi connectivity index (χ1n) is 7.86. The number of hydroxylamine groups is 2. The van der Waals surface area contributed by atoms with E-state index in [2.05, 4.69) is 17.0 Å². The minimum Gasteiger partial charge on any atom is -0.387 e. The van der Waals surface area contributed by atoms with Crippen molar-refractivity contribution < 1.29 is 19.2 Å². The summed E-state index contributed by atoms with van der Waals surface area (Å²) in [7, 11) is 0. The van der Waals surface area contributed by atoms with Gasteiger partial charge in [0.25, 0.3) is 0 Å². The molecule has 2 aromatic rings. The fourth-order valence-electron chi connectivity index (χ4n) is 2.47. The molecule has 3 N–H and O–H groups in total. The Morgan fingerprint density at radius 3 is 2.85 bits per heavy atom. The summed E-state index contributed by atoms with van der Waals surface area (Å²) in [6.07, 6.45) is 0.313. The van der Waals surface area contributed by atoms with Crippen molar-refractivity contribution in [3.63, 3.8) is 0 Å². The van der Waals surface area contributed by atoms with Gasteiger partial charge in [-0.05, 0) is 29.8 Å². The average Bonchev–Trinajstić information content (AvgIpc) is 3.12. The van der Waals surface area contributed by atoms with Crippen LogP contribution in [-0.2, 0) is 4.84 Å². The van der Waals surface area contributed by atoms with E-state index in [4.69, 9.17) is 10.6 Å². The van der Waals surface area contributed by atoms with Crippen molar-refractivity contribution in [2.45, 2.75) is 12.5 Å². The number of primary amides is 1. The minimum atomic E-state index is -0.961. The van der Waals surface area contributed by atoms with Crippen LogP contribution in [0.2, 0.25) is 0 Å². The molecule has 0 aliphatic carbocycles. The van der Waals surface area contributed by atoms with Gasteiger partial charge in [0.05, 0.1) is 5.71 Å². The van der Waals surface area contributed by atoms with Gasteiger partial charge < -0.3 is 10.6 Å². The Kier molecular flexibility index (Phi) is 5.15. The Balaban J connectivity index is 1.68. The molecule has 2 aromatic carbocycles. The fraction of sp³-hybridized carbons (Fsp3) is 0.158. The molecule has 0 spiro atoms. The molecule has 26 heavy (non-hydrogen) atoms. The second kappa shape index (κ2) is 7.68. The van der Waals surface area contributed by atoms with Gasteiger partial charge in [-0.25, -0.2) is 9.18 Å². The van der Waals surface area contributed by atoms with Crippen LogP contribution < -0.4 is 5.73 Å². The Bertz CT molecular complexity index is 900. The van der Waals surface area contributed by atoms with E-state index in [0.717, 1.165) is 16.8 Å². The van der Waals surface area contributed by atoms with Crippen LogP contribution in [-0.4, -0.2) is 28.6 Å². The summed E-state index contributed by atoms with van der Waals surface area (Å²) < 4.78 is 13.0. The highest BCUT2D eigenvalue weighted by Crippen LogP contribution is 2.29. The second-order valence-electron chi connectivity index (χ2n) is 5.67. The summed E-state index contributed by atoms with van der Waals surface area (Å²) in [5.74, 6) is 5.21. The van der Waals surface area contributed by atoms with E-state index in [-0.39, 0.29) is 18.5 Å². The van der Waals surface area contributed by atoms with Gasteiger partial charge in [-0.15, -0.1) is 0 Å². The predicted octanol–water partition coefficient (Wildman–Crippen LogP) is 2.81. The van der Waals surface area contributed by atoms with Crippen molar-refractivity contribution in [3.8, 4) is 11.8 Å². The Morgan fingerprint density at radius 1 is 1.35 bits per heavy atom. The molecule has 3 rings (SSSR count). The molecular formula is C19H16FN3O3. The van der Waals surface area contributed by atoms with E-state index >= 15 is 0 Å². The zero-order chi connectivity index (χ0) is 18.5. The van der Waals surface area contributed by atoms with E-state index in [0.29, 0.717) is 17.0 Å². The highest BCUT2D eigenvalue weighted by Gasteiger charge is 2.23. The lowest BCUT2D eigenvalue weighted by Gasteiger charge is -2.08. The van der Waals surface area contributed by atoms with Gasteiger partial charge in [0, 0.05) is 17.5 Å². The van der Waals surface area contributed by atoms with Crippen LogP contribution in [0, 0.1) is 17.7 Å². The third kappa shape index (κ3) is 4.18. The number of halogens is 1. The molecule has 0 saturated heterocycles. The molecule has 1 atom stereocenters. The number of rotatable bonds is 3. The summed E-state index contributed by atoms with van der Waals surface area (Å²) in [6, 6.07) is 12.6. The Hall–Kier alpha value is -3.37. The van der Waals surface area contributed by atoms with Crippen molar-refractivity contribution in [2.24, 2.45) is 10.9 Å². The topological polar surface area (TPSA) is 88.2 Å². The maximum atomic E-state index is 13.0. The molecule has 0 radical (unpaired) electrons. The van der Waals surface area contributed by atoms with Crippen molar-refractivity contribution >= 4 is 11.7 Å². The molecule has 1 aliphatic rings. The monoisotopic (exact) mass is 353 g/mol. The van der Waals surface area contributed by atoms with Crippen molar-refractivity contribution in [3.05, 3.63) is 71.0 Å². The van der Waals surface area contributed by atoms with Crippen LogP contribution in [0.3, 0.4) is 0 Å². The quantitative estimate of drug-likeness (QED) is 0.505. The fourth-order valence-corrected chi connectivity index (χ4v) is 2.47. The number of carbonyl (C=O) groups excluding carboxylic acids is 1. The number of amides is 2. The maximum Gasteiger partial charge on any atom is 0.339 e. The number of nitrogens with two attached hydrogens (primary N) is 1. The predicted molar refractivity (Wildman–Crippen MR) is 92.8 cm³/mol. The standard InChI is InChI=1S/C19H16FN3O3/c20-16-8-6-14(7-9-16)18-12-17(22-26-18)15-5-1-3-13(11-15)4-2-10-23(25)19(21)24/h1,3,5-9,11,18,25H,10,12H2,(H2,21,24). The number of nitrogens with zero attached hydrogens (tertiary/aromatic N) is 2. The summed E-state index contributed by atoms with van der Waals surface area (Å²) in [5.41, 5.74) is 8.10. The van der Waals surface area contributed by atoms with Gasteiger partial charge in [0.15, 0.2) is 6.10 Å². The number of urea groups is 1. The SMILES string of the molecule is NC(=O)N(O)CC#Cc1cccc(C2=NOC(c3ccc(F)cc3)C2)c1. The minimum absolute atomic E-state index is 0.184. The van der Waals surface area contributed by atoms with Gasteiger partial charge in [0.2, 0.25) is 0 Å². The largest absolute Gasteiger partial charge is 0.387 e. The average molecular weight is 353 g/mol. The van der Waals surface area contributed by atoms with Crippen LogP contribution in [0.4, 0.5) is 9.18 Å². The number of oxime groups is 1. The smallest absolute Gasteiger partial charge is 0.339 e. The van der Waals surface area contributed by atoms with Crippen LogP contribution in [0.1, 0.15) is 29.2 Å². The van der Waals surface area contributed by atoms with E-state index < -0.39 is 6.03 Å². The molecule has 0 bridgehead atoms. The van der Waals surface area contributed by atoms with Crippen LogP contribution in [0.25, 0.3) is 0 Å². The van der Waals surface area contributed by atoms with Gasteiger partial charge in [-0.3, -0.25) is 5.21 Å². The van der Waals surface area contributed by atoms with E-state index in [9.17, 15) is 14.4 Å². The van der Waals surface area contributed by atoms with E-state index in [1.165, 1.54) is 12.1 Å². The normalized spacial score (nSPS) is 15.5. The number of carbonyl (C=O) groups is 1. The molecule has 6 nitrogen and oxygen atoms in total. The molecule has 1 aliphatic heterocycles. The third-order valence-electron chi connectivity index (χ3n) is 3.82. The first kappa shape index (κ1) is 17.5. The molecule has 2 amide bonds. The number of benzene rings is 2. The van der Waals surface area contributed by atoms with Gasteiger partial charge in [0.1, 0.15) is 12.4 Å². The lowest BCUT2D eigenvalue weighted by molar-refractivity contribution is -0.0269. The summed E-state index contributed by atoms with van der Waals surface area (Å²) in [5, 5.41) is 13.6. The highest BCUT2D eigenvalue weighted by atomic mass is 19.1. The third-order valence-corrected chi connectivity index (χ3v) is 3.82. The van der Waals surface area contributed by atoms with Crippen molar-refractivity contribution in [1.82, 2.24) is 5.06 Å². The summed E-state index contributed by atoms with van der Waals surface area (Å²) in [6.45, 7) is -0.184. The molecule has 0 saturated carbocycles. The van der Waals surface area contributed by atoms with Gasteiger partial charge >= 0.3 is 6.03 Å². The van der Waals surface area contributed by atoms with Gasteiger partial charge in [-0.1, -0.05) is 41.3 Å². The lowest BCUT2D eigenvalue weighted by atomic mass is 9.99. The highest BCUT2D eigenvalue weighted by molar-refractivity contribution is 6.01. The Morgan fingerprint density at radius 2 is 2.12 bits per heavy atom. The first-order valence-corrected chi connectivity index (χ1v) is 7.86. The summed E-state index contributed by atoms with van der Waals surface area (Å²) in [4.78, 5) is 16.2. The molecule has 7 heteroatoms.